The summed E-state index contributed by atoms with van der Waals surface area (Å²) in [7, 11) is 0. The highest BCUT2D eigenvalue weighted by molar-refractivity contribution is 7.11. The van der Waals surface area contributed by atoms with Crippen LogP contribution in [0.3, 0.4) is 0 Å². The van der Waals surface area contributed by atoms with Crippen molar-refractivity contribution in [2.75, 3.05) is 26.2 Å². The zero-order valence-electron chi connectivity index (χ0n) is 12.8. The second-order valence-corrected chi connectivity index (χ2v) is 8.05. The average Bonchev–Trinajstić information content (AvgIpc) is 2.99. The van der Waals surface area contributed by atoms with E-state index in [1.165, 1.54) is 46.5 Å². The Balaban J connectivity index is 1.53. The lowest BCUT2D eigenvalue weighted by atomic mass is 10.3. The van der Waals surface area contributed by atoms with Crippen LogP contribution >= 0.6 is 22.7 Å². The molecule has 2 aromatic heterocycles. The Bertz CT molecular complexity index is 543. The lowest BCUT2D eigenvalue weighted by Crippen LogP contribution is -2.30. The molecule has 1 saturated heterocycles. The lowest BCUT2D eigenvalue weighted by Gasteiger charge is -2.20. The number of aromatic nitrogens is 1. The summed E-state index contributed by atoms with van der Waals surface area (Å²) in [6, 6.07) is 4.39. The van der Waals surface area contributed by atoms with E-state index >= 15 is 0 Å². The number of aryl methyl sites for hydroxylation is 2. The van der Waals surface area contributed by atoms with E-state index in [1.54, 1.807) is 0 Å². The molecule has 3 rings (SSSR count). The largest absolute Gasteiger partial charge is 0.297 e. The van der Waals surface area contributed by atoms with E-state index in [2.05, 4.69) is 46.1 Å². The van der Waals surface area contributed by atoms with Gasteiger partial charge in [-0.2, -0.15) is 0 Å². The van der Waals surface area contributed by atoms with Gasteiger partial charge in [-0.05, 0) is 44.8 Å². The third kappa shape index (κ3) is 4.13. The summed E-state index contributed by atoms with van der Waals surface area (Å²) in [6.45, 7) is 11.1. The second kappa shape index (κ2) is 7.01. The first-order chi connectivity index (χ1) is 10.2. The van der Waals surface area contributed by atoms with E-state index in [0.717, 1.165) is 19.6 Å². The summed E-state index contributed by atoms with van der Waals surface area (Å²) in [5.41, 5.74) is 1.20. The molecule has 0 radical (unpaired) electrons. The van der Waals surface area contributed by atoms with Crippen LogP contribution < -0.4 is 0 Å². The van der Waals surface area contributed by atoms with Crippen LogP contribution in [0.2, 0.25) is 0 Å². The molecule has 1 fully saturated rings. The van der Waals surface area contributed by atoms with E-state index in [9.17, 15) is 0 Å². The Kier molecular flexibility index (Phi) is 5.06. The molecule has 0 atom stereocenters. The van der Waals surface area contributed by atoms with Gasteiger partial charge in [0.2, 0.25) is 0 Å². The van der Waals surface area contributed by atoms with Crippen LogP contribution in [0.1, 0.15) is 26.9 Å². The molecule has 0 aromatic carbocycles. The summed E-state index contributed by atoms with van der Waals surface area (Å²) in [5, 5.41) is 3.45. The molecule has 0 unspecified atom stereocenters. The van der Waals surface area contributed by atoms with E-state index in [0.29, 0.717) is 0 Å². The van der Waals surface area contributed by atoms with Gasteiger partial charge in [-0.3, -0.25) is 9.80 Å². The minimum Gasteiger partial charge on any atom is -0.297 e. The van der Waals surface area contributed by atoms with Gasteiger partial charge in [0.1, 0.15) is 5.01 Å². The monoisotopic (exact) mass is 321 g/mol. The van der Waals surface area contributed by atoms with E-state index < -0.39 is 0 Å². The molecule has 0 spiro atoms. The minimum absolute atomic E-state index is 1.02. The number of hydrogen-bond donors (Lipinski definition) is 0. The topological polar surface area (TPSA) is 19.4 Å². The molecule has 3 heterocycles. The summed E-state index contributed by atoms with van der Waals surface area (Å²) in [6.07, 6.45) is 1.26. The van der Waals surface area contributed by atoms with Crippen molar-refractivity contribution in [2.45, 2.75) is 33.4 Å². The van der Waals surface area contributed by atoms with Gasteiger partial charge in [0, 0.05) is 29.4 Å². The predicted octanol–water partition coefficient (Wildman–Crippen LogP) is 3.53. The first-order valence-corrected chi connectivity index (χ1v) is 9.30. The summed E-state index contributed by atoms with van der Waals surface area (Å²) in [4.78, 5) is 12.7. The van der Waals surface area contributed by atoms with Crippen molar-refractivity contribution in [2.24, 2.45) is 0 Å². The zero-order chi connectivity index (χ0) is 14.7. The van der Waals surface area contributed by atoms with Gasteiger partial charge in [-0.1, -0.05) is 6.07 Å². The maximum Gasteiger partial charge on any atom is 0.107 e. The SMILES string of the molecule is Cc1nc(CN2CCCN(Cc3cccs3)CC2)sc1C. The lowest BCUT2D eigenvalue weighted by molar-refractivity contribution is 0.248. The molecule has 2 aromatic rings. The molecule has 1 aliphatic heterocycles. The molecule has 0 bridgehead atoms. The van der Waals surface area contributed by atoms with E-state index in [-0.39, 0.29) is 0 Å². The summed E-state index contributed by atoms with van der Waals surface area (Å²) in [5.74, 6) is 0. The Morgan fingerprint density at radius 3 is 2.48 bits per heavy atom. The summed E-state index contributed by atoms with van der Waals surface area (Å²) < 4.78 is 0. The number of thiazole rings is 1. The number of thiophene rings is 1. The molecule has 3 nitrogen and oxygen atoms in total. The molecule has 0 aliphatic carbocycles. The van der Waals surface area contributed by atoms with Crippen molar-refractivity contribution in [1.82, 2.24) is 14.8 Å². The first-order valence-electron chi connectivity index (χ1n) is 7.61. The molecule has 5 heteroatoms. The molecule has 0 amide bonds. The van der Waals surface area contributed by atoms with Crippen molar-refractivity contribution in [1.29, 1.82) is 0 Å². The average molecular weight is 322 g/mol. The van der Waals surface area contributed by atoms with Gasteiger partial charge in [-0.15, -0.1) is 22.7 Å². The maximum atomic E-state index is 4.68. The van der Waals surface area contributed by atoms with E-state index in [4.69, 9.17) is 0 Å². The van der Waals surface area contributed by atoms with Gasteiger partial charge in [-0.25, -0.2) is 4.98 Å². The molecule has 0 saturated carbocycles. The Morgan fingerprint density at radius 1 is 1.10 bits per heavy atom. The third-order valence-electron chi connectivity index (χ3n) is 4.07. The van der Waals surface area contributed by atoms with Crippen LogP contribution in [0.25, 0.3) is 0 Å². The smallest absolute Gasteiger partial charge is 0.107 e. The van der Waals surface area contributed by atoms with Gasteiger partial charge < -0.3 is 0 Å². The maximum absolute atomic E-state index is 4.68. The minimum atomic E-state index is 1.02. The Labute approximate surface area is 135 Å². The fourth-order valence-electron chi connectivity index (χ4n) is 2.76. The van der Waals surface area contributed by atoms with Gasteiger partial charge in [0.15, 0.2) is 0 Å². The third-order valence-corrected chi connectivity index (χ3v) is 5.99. The Hall–Kier alpha value is -0.750. The molecular formula is C16H23N3S2. The van der Waals surface area contributed by atoms with Crippen LogP contribution in [0.15, 0.2) is 17.5 Å². The second-order valence-electron chi connectivity index (χ2n) is 5.73. The highest BCUT2D eigenvalue weighted by atomic mass is 32.1. The van der Waals surface area contributed by atoms with Crippen molar-refractivity contribution < 1.29 is 0 Å². The van der Waals surface area contributed by atoms with Crippen LogP contribution in [-0.4, -0.2) is 41.0 Å². The number of rotatable bonds is 4. The zero-order valence-corrected chi connectivity index (χ0v) is 14.5. The van der Waals surface area contributed by atoms with Gasteiger partial charge in [0.25, 0.3) is 0 Å². The van der Waals surface area contributed by atoms with Crippen LogP contribution in [0, 0.1) is 13.8 Å². The van der Waals surface area contributed by atoms with Crippen LogP contribution in [-0.2, 0) is 13.1 Å². The number of hydrogen-bond acceptors (Lipinski definition) is 5. The Morgan fingerprint density at radius 2 is 1.86 bits per heavy atom. The highest BCUT2D eigenvalue weighted by Gasteiger charge is 2.16. The fraction of sp³-hybridized carbons (Fsp3) is 0.562. The van der Waals surface area contributed by atoms with Crippen molar-refractivity contribution >= 4 is 22.7 Å². The molecule has 21 heavy (non-hydrogen) atoms. The first kappa shape index (κ1) is 15.2. The summed E-state index contributed by atoms with van der Waals surface area (Å²) >= 11 is 3.72. The van der Waals surface area contributed by atoms with Gasteiger partial charge >= 0.3 is 0 Å². The van der Waals surface area contributed by atoms with Crippen LogP contribution in [0.5, 0.6) is 0 Å². The fourth-order valence-corrected chi connectivity index (χ4v) is 4.48. The van der Waals surface area contributed by atoms with Crippen molar-refractivity contribution in [3.05, 3.63) is 38.0 Å². The standard InChI is InChI=1S/C16H23N3S2/c1-13-14(2)21-16(17-13)12-19-7-4-6-18(8-9-19)11-15-5-3-10-20-15/h3,5,10H,4,6-9,11-12H2,1-2H3. The van der Waals surface area contributed by atoms with Crippen molar-refractivity contribution in [3.8, 4) is 0 Å². The van der Waals surface area contributed by atoms with E-state index in [1.807, 2.05) is 22.7 Å². The molecule has 1 aliphatic rings. The normalized spacial score (nSPS) is 18.0. The number of nitrogens with zero attached hydrogens (tertiary/aromatic N) is 3. The van der Waals surface area contributed by atoms with Crippen LogP contribution in [0.4, 0.5) is 0 Å². The van der Waals surface area contributed by atoms with Crippen molar-refractivity contribution in [3.63, 3.8) is 0 Å². The molecule has 0 N–H and O–H groups in total. The quantitative estimate of drug-likeness (QED) is 0.859. The molecule has 114 valence electrons. The van der Waals surface area contributed by atoms with Gasteiger partial charge in [0.05, 0.1) is 12.2 Å². The highest BCUT2D eigenvalue weighted by Crippen LogP contribution is 2.19. The molecular weight excluding hydrogens is 298 g/mol. The predicted molar refractivity (Wildman–Crippen MR) is 91.1 cm³/mol.